The Hall–Kier alpha value is -0.885. The molecule has 1 aliphatic rings. The summed E-state index contributed by atoms with van der Waals surface area (Å²) in [6.07, 6.45) is 2.74. The van der Waals surface area contributed by atoms with Gasteiger partial charge in [0.05, 0.1) is 4.90 Å². The Kier molecular flexibility index (Phi) is 4.06. The molecular weight excluding hydrogens is 253 g/mol. The quantitative estimate of drug-likeness (QED) is 0.728. The van der Waals surface area contributed by atoms with Gasteiger partial charge in [0.25, 0.3) is 0 Å². The first kappa shape index (κ1) is 13.5. The van der Waals surface area contributed by atoms with Crippen LogP contribution in [-0.4, -0.2) is 43.0 Å². The second-order valence-electron chi connectivity index (χ2n) is 4.38. The van der Waals surface area contributed by atoms with E-state index < -0.39 is 17.1 Å². The van der Waals surface area contributed by atoms with E-state index in [9.17, 15) is 18.5 Å². The SMILES string of the molecule is O=S(=O)(c1ccccc1B(O)O)N1CCCCC1. The fourth-order valence-electron chi connectivity index (χ4n) is 2.17. The van der Waals surface area contributed by atoms with Crippen LogP contribution in [0.5, 0.6) is 0 Å². The number of nitrogens with zero attached hydrogens (tertiary/aromatic N) is 1. The number of benzene rings is 1. The Morgan fingerprint density at radius 3 is 2.28 bits per heavy atom. The molecule has 18 heavy (non-hydrogen) atoms. The molecule has 0 bridgehead atoms. The van der Waals surface area contributed by atoms with E-state index in [1.165, 1.54) is 16.4 Å². The van der Waals surface area contributed by atoms with Crippen molar-refractivity contribution < 1.29 is 18.5 Å². The first-order valence-corrected chi connectivity index (χ1v) is 7.42. The lowest BCUT2D eigenvalue weighted by atomic mass is 9.80. The molecule has 2 N–H and O–H groups in total. The van der Waals surface area contributed by atoms with E-state index in [2.05, 4.69) is 0 Å². The van der Waals surface area contributed by atoms with Gasteiger partial charge in [0.1, 0.15) is 0 Å². The molecule has 0 unspecified atom stereocenters. The highest BCUT2D eigenvalue weighted by Crippen LogP contribution is 2.19. The minimum Gasteiger partial charge on any atom is -0.423 e. The summed E-state index contributed by atoms with van der Waals surface area (Å²) >= 11 is 0. The van der Waals surface area contributed by atoms with E-state index in [1.807, 2.05) is 0 Å². The van der Waals surface area contributed by atoms with Crippen LogP contribution in [-0.2, 0) is 10.0 Å². The van der Waals surface area contributed by atoms with Crippen LogP contribution in [0, 0.1) is 0 Å². The second-order valence-corrected chi connectivity index (χ2v) is 6.28. The Morgan fingerprint density at radius 1 is 1.06 bits per heavy atom. The van der Waals surface area contributed by atoms with Crippen molar-refractivity contribution in [2.24, 2.45) is 0 Å². The molecule has 0 aromatic heterocycles. The third-order valence-corrected chi connectivity index (χ3v) is 5.10. The number of piperidine rings is 1. The molecule has 1 heterocycles. The van der Waals surface area contributed by atoms with Gasteiger partial charge in [0.15, 0.2) is 0 Å². The minimum atomic E-state index is -3.62. The molecular formula is C11H16BNO4S. The van der Waals surface area contributed by atoms with Crippen molar-refractivity contribution in [1.29, 1.82) is 0 Å². The molecule has 1 aromatic rings. The van der Waals surface area contributed by atoms with E-state index in [0.29, 0.717) is 13.1 Å². The van der Waals surface area contributed by atoms with Crippen molar-refractivity contribution in [3.05, 3.63) is 24.3 Å². The summed E-state index contributed by atoms with van der Waals surface area (Å²) in [7, 11) is -5.40. The fraction of sp³-hybridized carbons (Fsp3) is 0.455. The topological polar surface area (TPSA) is 77.8 Å². The van der Waals surface area contributed by atoms with Gasteiger partial charge in [-0.1, -0.05) is 24.6 Å². The highest BCUT2D eigenvalue weighted by Gasteiger charge is 2.30. The van der Waals surface area contributed by atoms with Crippen molar-refractivity contribution in [3.63, 3.8) is 0 Å². The molecule has 0 atom stereocenters. The molecule has 1 aromatic carbocycles. The smallest absolute Gasteiger partial charge is 0.423 e. The number of hydrogen-bond donors (Lipinski definition) is 2. The summed E-state index contributed by atoms with van der Waals surface area (Å²) in [5.41, 5.74) is 0.0306. The van der Waals surface area contributed by atoms with Crippen LogP contribution in [0.2, 0.25) is 0 Å². The summed E-state index contributed by atoms with van der Waals surface area (Å²) in [6.45, 7) is 0.996. The fourth-order valence-corrected chi connectivity index (χ4v) is 3.91. The van der Waals surface area contributed by atoms with E-state index in [4.69, 9.17) is 0 Å². The van der Waals surface area contributed by atoms with Gasteiger partial charge >= 0.3 is 7.12 Å². The summed E-state index contributed by atoms with van der Waals surface area (Å²) in [4.78, 5) is -0.0121. The second kappa shape index (κ2) is 5.40. The lowest BCUT2D eigenvalue weighted by molar-refractivity contribution is 0.346. The number of rotatable bonds is 3. The summed E-state index contributed by atoms with van der Waals surface area (Å²) in [5, 5.41) is 18.5. The van der Waals surface area contributed by atoms with E-state index >= 15 is 0 Å². The maximum atomic E-state index is 12.4. The van der Waals surface area contributed by atoms with Gasteiger partial charge in [-0.05, 0) is 18.9 Å². The molecule has 0 aliphatic carbocycles. The van der Waals surface area contributed by atoms with Crippen LogP contribution in [0.15, 0.2) is 29.2 Å². The van der Waals surface area contributed by atoms with Crippen LogP contribution in [0.1, 0.15) is 19.3 Å². The minimum absolute atomic E-state index is 0.0121. The molecule has 1 fully saturated rings. The van der Waals surface area contributed by atoms with E-state index in [1.54, 1.807) is 12.1 Å². The van der Waals surface area contributed by atoms with Gasteiger partial charge in [-0.25, -0.2) is 8.42 Å². The normalized spacial score (nSPS) is 17.7. The zero-order valence-corrected chi connectivity index (χ0v) is 10.8. The van der Waals surface area contributed by atoms with Crippen molar-refractivity contribution in [1.82, 2.24) is 4.31 Å². The highest BCUT2D eigenvalue weighted by molar-refractivity contribution is 7.89. The molecule has 0 amide bonds. The summed E-state index contributed by atoms with van der Waals surface area (Å²) in [6, 6.07) is 6.01. The molecule has 98 valence electrons. The zero-order chi connectivity index (χ0) is 13.2. The molecule has 0 radical (unpaired) electrons. The van der Waals surface area contributed by atoms with Crippen LogP contribution >= 0.6 is 0 Å². The molecule has 2 rings (SSSR count). The average Bonchev–Trinajstić information content (AvgIpc) is 2.39. The Morgan fingerprint density at radius 2 is 1.67 bits per heavy atom. The molecule has 7 heteroatoms. The predicted octanol–water partition coefficient (Wildman–Crippen LogP) is -0.459. The molecule has 1 saturated heterocycles. The van der Waals surface area contributed by atoms with Gasteiger partial charge in [-0.3, -0.25) is 0 Å². The molecule has 0 saturated carbocycles. The summed E-state index contributed by atoms with van der Waals surface area (Å²) < 4.78 is 26.2. The Bertz CT molecular complexity index is 512. The lowest BCUT2D eigenvalue weighted by Crippen LogP contribution is -2.41. The van der Waals surface area contributed by atoms with Gasteiger partial charge in [-0.15, -0.1) is 0 Å². The van der Waals surface area contributed by atoms with Crippen molar-refractivity contribution >= 4 is 22.6 Å². The standard InChI is InChI=1S/C11H16BNO4S/c14-12(15)10-6-2-3-7-11(10)18(16,17)13-8-4-1-5-9-13/h2-3,6-7,14-15H,1,4-5,8-9H2. The maximum absolute atomic E-state index is 12.4. The highest BCUT2D eigenvalue weighted by atomic mass is 32.2. The molecule has 5 nitrogen and oxygen atoms in total. The summed E-state index contributed by atoms with van der Waals surface area (Å²) in [5.74, 6) is 0. The van der Waals surface area contributed by atoms with Gasteiger partial charge < -0.3 is 10.0 Å². The lowest BCUT2D eigenvalue weighted by Gasteiger charge is -2.26. The van der Waals surface area contributed by atoms with Crippen LogP contribution in [0.3, 0.4) is 0 Å². The van der Waals surface area contributed by atoms with Crippen LogP contribution in [0.25, 0.3) is 0 Å². The molecule has 0 spiro atoms. The maximum Gasteiger partial charge on any atom is 0.489 e. The third kappa shape index (κ3) is 2.59. The van der Waals surface area contributed by atoms with Gasteiger partial charge in [0, 0.05) is 18.6 Å². The number of hydrogen-bond acceptors (Lipinski definition) is 4. The van der Waals surface area contributed by atoms with E-state index in [-0.39, 0.29) is 10.4 Å². The molecule has 1 aliphatic heterocycles. The Balaban J connectivity index is 2.40. The monoisotopic (exact) mass is 269 g/mol. The van der Waals surface area contributed by atoms with Crippen molar-refractivity contribution in [2.45, 2.75) is 24.2 Å². The average molecular weight is 269 g/mol. The predicted molar refractivity (Wildman–Crippen MR) is 68.9 cm³/mol. The Labute approximate surface area is 107 Å². The van der Waals surface area contributed by atoms with E-state index in [0.717, 1.165) is 19.3 Å². The largest absolute Gasteiger partial charge is 0.489 e. The first-order chi connectivity index (χ1) is 8.53. The van der Waals surface area contributed by atoms with Crippen molar-refractivity contribution in [2.75, 3.05) is 13.1 Å². The zero-order valence-electron chi connectivity index (χ0n) is 9.99. The van der Waals surface area contributed by atoms with Crippen molar-refractivity contribution in [3.8, 4) is 0 Å². The van der Waals surface area contributed by atoms with Crippen LogP contribution < -0.4 is 5.46 Å². The first-order valence-electron chi connectivity index (χ1n) is 5.98. The third-order valence-electron chi connectivity index (χ3n) is 3.13. The van der Waals surface area contributed by atoms with Gasteiger partial charge in [0.2, 0.25) is 10.0 Å². The van der Waals surface area contributed by atoms with Crippen LogP contribution in [0.4, 0.5) is 0 Å². The number of sulfonamides is 1. The van der Waals surface area contributed by atoms with Gasteiger partial charge in [-0.2, -0.15) is 4.31 Å².